The standard InChI is InChI=1S/C13H21N3O/c1-13(2)4-3-6-16(7-5-13)12-9-14-8-11(10-17)15-12/h8-9,17H,3-7,10H2,1-2H3. The molecule has 1 fully saturated rings. The van der Waals surface area contributed by atoms with Crippen LogP contribution in [0.5, 0.6) is 0 Å². The van der Waals surface area contributed by atoms with Gasteiger partial charge in [-0.05, 0) is 24.7 Å². The average Bonchev–Trinajstić information content (AvgIpc) is 2.50. The van der Waals surface area contributed by atoms with Gasteiger partial charge in [0.1, 0.15) is 5.82 Å². The maximum Gasteiger partial charge on any atom is 0.147 e. The van der Waals surface area contributed by atoms with Crippen molar-refractivity contribution in [2.45, 2.75) is 39.7 Å². The second-order valence-electron chi connectivity index (χ2n) is 5.53. The molecule has 1 N–H and O–H groups in total. The number of hydrogen-bond acceptors (Lipinski definition) is 4. The maximum atomic E-state index is 9.08. The highest BCUT2D eigenvalue weighted by Gasteiger charge is 2.23. The molecule has 4 heteroatoms. The number of anilines is 1. The molecule has 0 amide bonds. The summed E-state index contributed by atoms with van der Waals surface area (Å²) in [4.78, 5) is 10.8. The molecule has 1 aliphatic heterocycles. The van der Waals surface area contributed by atoms with Crippen molar-refractivity contribution < 1.29 is 5.11 Å². The van der Waals surface area contributed by atoms with Crippen molar-refractivity contribution in [3.05, 3.63) is 18.1 Å². The molecule has 17 heavy (non-hydrogen) atoms. The molecule has 1 saturated heterocycles. The molecule has 2 heterocycles. The van der Waals surface area contributed by atoms with E-state index in [1.165, 1.54) is 19.3 Å². The van der Waals surface area contributed by atoms with Crippen LogP contribution in [0.4, 0.5) is 5.82 Å². The monoisotopic (exact) mass is 235 g/mol. The summed E-state index contributed by atoms with van der Waals surface area (Å²) >= 11 is 0. The van der Waals surface area contributed by atoms with E-state index in [9.17, 15) is 0 Å². The second kappa shape index (κ2) is 5.00. The Kier molecular flexibility index (Phi) is 3.62. The lowest BCUT2D eigenvalue weighted by Crippen LogP contribution is -2.26. The van der Waals surface area contributed by atoms with E-state index in [4.69, 9.17) is 5.11 Å². The Labute approximate surface area is 103 Å². The van der Waals surface area contributed by atoms with Crippen molar-refractivity contribution >= 4 is 5.82 Å². The zero-order chi connectivity index (χ0) is 12.3. The van der Waals surface area contributed by atoms with Gasteiger partial charge in [0.05, 0.1) is 24.7 Å². The molecule has 0 atom stereocenters. The van der Waals surface area contributed by atoms with Crippen LogP contribution in [0, 0.1) is 5.41 Å². The maximum absolute atomic E-state index is 9.08. The van der Waals surface area contributed by atoms with Crippen molar-refractivity contribution in [3.63, 3.8) is 0 Å². The summed E-state index contributed by atoms with van der Waals surface area (Å²) in [6, 6.07) is 0. The third kappa shape index (κ3) is 3.16. The van der Waals surface area contributed by atoms with Gasteiger partial charge in [0.25, 0.3) is 0 Å². The Bertz CT molecular complexity index is 379. The first-order chi connectivity index (χ1) is 8.11. The van der Waals surface area contributed by atoms with Crippen molar-refractivity contribution in [1.82, 2.24) is 9.97 Å². The van der Waals surface area contributed by atoms with Gasteiger partial charge in [-0.15, -0.1) is 0 Å². The summed E-state index contributed by atoms with van der Waals surface area (Å²) in [6.45, 7) is 6.67. The van der Waals surface area contributed by atoms with Crippen LogP contribution < -0.4 is 4.90 Å². The molecule has 1 aromatic rings. The van der Waals surface area contributed by atoms with Gasteiger partial charge in [-0.2, -0.15) is 0 Å². The average molecular weight is 235 g/mol. The van der Waals surface area contributed by atoms with Crippen molar-refractivity contribution in [2.24, 2.45) is 5.41 Å². The first-order valence-corrected chi connectivity index (χ1v) is 6.27. The van der Waals surface area contributed by atoms with E-state index >= 15 is 0 Å². The molecule has 0 spiro atoms. The summed E-state index contributed by atoms with van der Waals surface area (Å²) < 4.78 is 0. The summed E-state index contributed by atoms with van der Waals surface area (Å²) in [5, 5.41) is 9.08. The fourth-order valence-electron chi connectivity index (χ4n) is 2.28. The van der Waals surface area contributed by atoms with Crippen molar-refractivity contribution in [2.75, 3.05) is 18.0 Å². The van der Waals surface area contributed by atoms with Gasteiger partial charge in [-0.25, -0.2) is 4.98 Å². The van der Waals surface area contributed by atoms with Crippen LogP contribution in [0.3, 0.4) is 0 Å². The van der Waals surface area contributed by atoms with E-state index in [0.717, 1.165) is 18.9 Å². The fraction of sp³-hybridized carbons (Fsp3) is 0.692. The highest BCUT2D eigenvalue weighted by atomic mass is 16.3. The lowest BCUT2D eigenvalue weighted by Gasteiger charge is -2.24. The van der Waals surface area contributed by atoms with Crippen LogP contribution in [0.2, 0.25) is 0 Å². The van der Waals surface area contributed by atoms with E-state index < -0.39 is 0 Å². The number of rotatable bonds is 2. The molecule has 0 bridgehead atoms. The topological polar surface area (TPSA) is 49.2 Å². The number of aliphatic hydroxyl groups excluding tert-OH is 1. The van der Waals surface area contributed by atoms with E-state index in [0.29, 0.717) is 11.1 Å². The normalized spacial score (nSPS) is 20.1. The highest BCUT2D eigenvalue weighted by molar-refractivity contribution is 5.36. The number of hydrogen-bond donors (Lipinski definition) is 1. The third-order valence-corrected chi connectivity index (χ3v) is 3.50. The molecular weight excluding hydrogens is 214 g/mol. The SMILES string of the molecule is CC1(C)CCCN(c2cncc(CO)n2)CC1. The highest BCUT2D eigenvalue weighted by Crippen LogP contribution is 2.30. The Hall–Kier alpha value is -1.16. The molecule has 1 aromatic heterocycles. The third-order valence-electron chi connectivity index (χ3n) is 3.50. The smallest absolute Gasteiger partial charge is 0.147 e. The van der Waals surface area contributed by atoms with Gasteiger partial charge in [0.2, 0.25) is 0 Å². The molecule has 0 aromatic carbocycles. The zero-order valence-corrected chi connectivity index (χ0v) is 10.7. The molecule has 0 saturated carbocycles. The van der Waals surface area contributed by atoms with Crippen LogP contribution in [0.15, 0.2) is 12.4 Å². The fourth-order valence-corrected chi connectivity index (χ4v) is 2.28. The Morgan fingerprint density at radius 3 is 2.88 bits per heavy atom. The summed E-state index contributed by atoms with van der Waals surface area (Å²) in [5.41, 5.74) is 1.07. The number of aliphatic hydroxyl groups is 1. The molecular formula is C13H21N3O. The molecule has 94 valence electrons. The van der Waals surface area contributed by atoms with Gasteiger partial charge in [-0.1, -0.05) is 13.8 Å². The van der Waals surface area contributed by atoms with Crippen LogP contribution in [-0.2, 0) is 6.61 Å². The molecule has 0 unspecified atom stereocenters. The van der Waals surface area contributed by atoms with Crippen molar-refractivity contribution in [3.8, 4) is 0 Å². The summed E-state index contributed by atoms with van der Waals surface area (Å²) in [7, 11) is 0. The van der Waals surface area contributed by atoms with Gasteiger partial charge in [0.15, 0.2) is 0 Å². The van der Waals surface area contributed by atoms with Crippen LogP contribution in [0.25, 0.3) is 0 Å². The van der Waals surface area contributed by atoms with E-state index in [-0.39, 0.29) is 6.61 Å². The van der Waals surface area contributed by atoms with Gasteiger partial charge in [-0.3, -0.25) is 4.98 Å². The number of nitrogens with zero attached hydrogens (tertiary/aromatic N) is 3. The zero-order valence-electron chi connectivity index (χ0n) is 10.7. The summed E-state index contributed by atoms with van der Waals surface area (Å²) in [5.74, 6) is 0.897. The van der Waals surface area contributed by atoms with Gasteiger partial charge in [0, 0.05) is 13.1 Å². The van der Waals surface area contributed by atoms with Crippen LogP contribution in [-0.4, -0.2) is 28.2 Å². The van der Waals surface area contributed by atoms with Crippen LogP contribution in [0.1, 0.15) is 38.8 Å². The van der Waals surface area contributed by atoms with Crippen LogP contribution >= 0.6 is 0 Å². The van der Waals surface area contributed by atoms with E-state index in [2.05, 4.69) is 28.7 Å². The molecule has 0 aliphatic carbocycles. The number of aromatic nitrogens is 2. The van der Waals surface area contributed by atoms with E-state index in [1.807, 2.05) is 0 Å². The first-order valence-electron chi connectivity index (χ1n) is 6.27. The predicted molar refractivity (Wildman–Crippen MR) is 67.8 cm³/mol. The van der Waals surface area contributed by atoms with Gasteiger partial charge >= 0.3 is 0 Å². The van der Waals surface area contributed by atoms with Gasteiger partial charge < -0.3 is 10.0 Å². The lowest BCUT2D eigenvalue weighted by atomic mass is 9.85. The minimum atomic E-state index is -0.0415. The lowest BCUT2D eigenvalue weighted by molar-refractivity contribution is 0.276. The quantitative estimate of drug-likeness (QED) is 0.851. The van der Waals surface area contributed by atoms with E-state index in [1.54, 1.807) is 12.4 Å². The second-order valence-corrected chi connectivity index (χ2v) is 5.53. The molecule has 4 nitrogen and oxygen atoms in total. The minimum absolute atomic E-state index is 0.0415. The molecule has 0 radical (unpaired) electrons. The Morgan fingerprint density at radius 2 is 2.12 bits per heavy atom. The summed E-state index contributed by atoms with van der Waals surface area (Å²) in [6.07, 6.45) is 7.04. The van der Waals surface area contributed by atoms with Crippen molar-refractivity contribution in [1.29, 1.82) is 0 Å². The first kappa shape index (κ1) is 12.3. The predicted octanol–water partition coefficient (Wildman–Crippen LogP) is 1.99. The minimum Gasteiger partial charge on any atom is -0.390 e. The molecule has 1 aliphatic rings. The Morgan fingerprint density at radius 1 is 1.29 bits per heavy atom. The molecule has 2 rings (SSSR count). The Balaban J connectivity index is 2.11. The largest absolute Gasteiger partial charge is 0.390 e.